The van der Waals surface area contributed by atoms with Gasteiger partial charge in [0.1, 0.15) is 11.5 Å². The van der Waals surface area contributed by atoms with Gasteiger partial charge >= 0.3 is 0 Å². The van der Waals surface area contributed by atoms with E-state index in [-0.39, 0.29) is 11.3 Å². The van der Waals surface area contributed by atoms with Crippen molar-refractivity contribution < 1.29 is 10.2 Å². The van der Waals surface area contributed by atoms with E-state index in [1.807, 2.05) is 36.4 Å². The highest BCUT2D eigenvalue weighted by molar-refractivity contribution is 5.48. The number of rotatable bonds is 3. The normalized spacial score (nSPS) is 26.7. The molecule has 4 rings (SSSR count). The summed E-state index contributed by atoms with van der Waals surface area (Å²) in [6.45, 7) is 0. The van der Waals surface area contributed by atoms with Crippen LogP contribution in [-0.4, -0.2) is 10.2 Å². The van der Waals surface area contributed by atoms with E-state index in [2.05, 4.69) is 0 Å². The highest BCUT2D eigenvalue weighted by atomic mass is 16.3. The minimum Gasteiger partial charge on any atom is -0.508 e. The van der Waals surface area contributed by atoms with Crippen LogP contribution in [0.3, 0.4) is 0 Å². The summed E-state index contributed by atoms with van der Waals surface area (Å²) < 4.78 is 0. The lowest BCUT2D eigenvalue weighted by atomic mass is 9.66. The predicted octanol–water partition coefficient (Wildman–Crippen LogP) is 4.81. The molecule has 0 saturated heterocycles. The van der Waals surface area contributed by atoms with Crippen molar-refractivity contribution in [2.24, 2.45) is 11.3 Å². The molecule has 0 aliphatic heterocycles. The molecule has 0 amide bonds. The fourth-order valence-corrected chi connectivity index (χ4v) is 4.93. The lowest BCUT2D eigenvalue weighted by Crippen LogP contribution is -2.25. The maximum Gasteiger partial charge on any atom is 0.119 e. The average Bonchev–Trinajstić information content (AvgIpc) is 3.13. The summed E-state index contributed by atoms with van der Waals surface area (Å²) in [4.78, 5) is 0. The van der Waals surface area contributed by atoms with E-state index in [4.69, 9.17) is 0 Å². The number of benzene rings is 2. The van der Waals surface area contributed by atoms with Gasteiger partial charge in [0.2, 0.25) is 0 Å². The number of phenolic OH excluding ortho intramolecular Hbond substituents is 2. The second-order valence-electron chi connectivity index (χ2n) is 7.06. The van der Waals surface area contributed by atoms with Crippen molar-refractivity contribution in [3.63, 3.8) is 0 Å². The van der Waals surface area contributed by atoms with Crippen molar-refractivity contribution in [3.05, 3.63) is 59.7 Å². The molecule has 114 valence electrons. The van der Waals surface area contributed by atoms with Crippen LogP contribution in [0.15, 0.2) is 48.5 Å². The van der Waals surface area contributed by atoms with Gasteiger partial charge in [0, 0.05) is 17.0 Å². The first-order chi connectivity index (χ1) is 10.7. The fourth-order valence-electron chi connectivity index (χ4n) is 4.93. The number of phenols is 2. The van der Waals surface area contributed by atoms with E-state index in [1.54, 1.807) is 12.1 Å². The van der Waals surface area contributed by atoms with Crippen LogP contribution in [0.1, 0.15) is 49.1 Å². The number of hydrogen-bond donors (Lipinski definition) is 2. The smallest absolute Gasteiger partial charge is 0.119 e. The Balaban J connectivity index is 1.89. The van der Waals surface area contributed by atoms with Gasteiger partial charge in [-0.05, 0) is 55.6 Å². The first kappa shape index (κ1) is 13.7. The highest BCUT2D eigenvalue weighted by Gasteiger charge is 2.51. The monoisotopic (exact) mass is 294 g/mol. The molecule has 0 spiro atoms. The van der Waals surface area contributed by atoms with Crippen LogP contribution < -0.4 is 0 Å². The van der Waals surface area contributed by atoms with Crippen LogP contribution in [0.5, 0.6) is 11.5 Å². The molecule has 2 heteroatoms. The third-order valence-electron chi connectivity index (χ3n) is 5.90. The summed E-state index contributed by atoms with van der Waals surface area (Å²) in [6.07, 6.45) is 6.20. The quantitative estimate of drug-likeness (QED) is 0.852. The first-order valence-electron chi connectivity index (χ1n) is 8.25. The average molecular weight is 294 g/mol. The van der Waals surface area contributed by atoms with Crippen LogP contribution in [-0.2, 0) is 0 Å². The SMILES string of the molecule is Oc1ccccc1C(c1ccccc1O)C12CCC(CC1)C2. The van der Waals surface area contributed by atoms with Crippen LogP contribution in [0, 0.1) is 11.3 Å². The van der Waals surface area contributed by atoms with Crippen molar-refractivity contribution in [1.82, 2.24) is 0 Å². The Morgan fingerprint density at radius 2 is 1.32 bits per heavy atom. The highest BCUT2D eigenvalue weighted by Crippen LogP contribution is 2.63. The Bertz CT molecular complexity index is 638. The van der Waals surface area contributed by atoms with E-state index < -0.39 is 0 Å². The second kappa shape index (κ2) is 5.05. The maximum absolute atomic E-state index is 10.4. The Morgan fingerprint density at radius 3 is 1.73 bits per heavy atom. The largest absolute Gasteiger partial charge is 0.508 e. The van der Waals surface area contributed by atoms with Gasteiger partial charge in [-0.2, -0.15) is 0 Å². The standard InChI is InChI=1S/C20H22O2/c21-17-7-3-1-5-15(17)19(16-6-2-4-8-18(16)22)20-11-9-14(13-20)10-12-20/h1-8,14,19,21-22H,9-13H2. The topological polar surface area (TPSA) is 40.5 Å². The Morgan fingerprint density at radius 1 is 0.818 bits per heavy atom. The van der Waals surface area contributed by atoms with Gasteiger partial charge in [0.15, 0.2) is 0 Å². The molecule has 0 aromatic heterocycles. The summed E-state index contributed by atoms with van der Waals surface area (Å²) in [7, 11) is 0. The molecular formula is C20H22O2. The molecule has 0 heterocycles. The van der Waals surface area contributed by atoms with Crippen molar-refractivity contribution in [3.8, 4) is 11.5 Å². The Hall–Kier alpha value is -1.96. The summed E-state index contributed by atoms with van der Waals surface area (Å²) in [5.41, 5.74) is 2.13. The van der Waals surface area contributed by atoms with Crippen LogP contribution in [0.4, 0.5) is 0 Å². The number of fused-ring (bicyclic) bond motifs is 2. The van der Waals surface area contributed by atoms with Gasteiger partial charge in [-0.1, -0.05) is 36.4 Å². The van der Waals surface area contributed by atoms with E-state index in [1.165, 1.54) is 32.1 Å². The minimum atomic E-state index is 0.0856. The molecule has 2 aromatic rings. The van der Waals surface area contributed by atoms with E-state index in [0.717, 1.165) is 17.0 Å². The van der Waals surface area contributed by atoms with Crippen molar-refractivity contribution in [2.45, 2.75) is 38.0 Å². The number of aromatic hydroxyl groups is 2. The second-order valence-corrected chi connectivity index (χ2v) is 7.06. The van der Waals surface area contributed by atoms with Crippen LogP contribution in [0.25, 0.3) is 0 Å². The third kappa shape index (κ3) is 2.01. The molecule has 2 saturated carbocycles. The molecule has 0 atom stereocenters. The summed E-state index contributed by atoms with van der Waals surface area (Å²) in [5, 5.41) is 20.9. The zero-order chi connectivity index (χ0) is 15.2. The molecule has 0 unspecified atom stereocenters. The van der Waals surface area contributed by atoms with Crippen molar-refractivity contribution in [2.75, 3.05) is 0 Å². The summed E-state index contributed by atoms with van der Waals surface area (Å²) in [5.74, 6) is 1.61. The van der Waals surface area contributed by atoms with Gasteiger partial charge in [0.05, 0.1) is 0 Å². The molecule has 2 aromatic carbocycles. The number of hydrogen-bond acceptors (Lipinski definition) is 2. The molecule has 2 nitrogen and oxygen atoms in total. The summed E-state index contributed by atoms with van der Waals surface area (Å²) >= 11 is 0. The van der Waals surface area contributed by atoms with E-state index in [9.17, 15) is 10.2 Å². The number of para-hydroxylation sites is 2. The van der Waals surface area contributed by atoms with Crippen molar-refractivity contribution in [1.29, 1.82) is 0 Å². The first-order valence-corrected chi connectivity index (χ1v) is 8.25. The molecule has 0 radical (unpaired) electrons. The molecule has 22 heavy (non-hydrogen) atoms. The molecule has 2 aliphatic rings. The van der Waals surface area contributed by atoms with Crippen molar-refractivity contribution >= 4 is 0 Å². The lowest BCUT2D eigenvalue weighted by Gasteiger charge is -2.37. The molecule has 2 fully saturated rings. The minimum absolute atomic E-state index is 0.0856. The van der Waals surface area contributed by atoms with Gasteiger partial charge in [0.25, 0.3) is 0 Å². The Labute approximate surface area is 131 Å². The van der Waals surface area contributed by atoms with E-state index in [0.29, 0.717) is 11.5 Å². The zero-order valence-electron chi connectivity index (χ0n) is 12.7. The fraction of sp³-hybridized carbons (Fsp3) is 0.400. The maximum atomic E-state index is 10.4. The molecular weight excluding hydrogens is 272 g/mol. The van der Waals surface area contributed by atoms with Crippen LogP contribution in [0.2, 0.25) is 0 Å². The van der Waals surface area contributed by atoms with Gasteiger partial charge < -0.3 is 10.2 Å². The van der Waals surface area contributed by atoms with Gasteiger partial charge in [-0.15, -0.1) is 0 Å². The van der Waals surface area contributed by atoms with E-state index >= 15 is 0 Å². The third-order valence-corrected chi connectivity index (χ3v) is 5.90. The Kier molecular flexibility index (Phi) is 3.14. The molecule has 2 N–H and O–H groups in total. The lowest BCUT2D eigenvalue weighted by molar-refractivity contribution is 0.248. The van der Waals surface area contributed by atoms with Gasteiger partial charge in [-0.3, -0.25) is 0 Å². The summed E-state index contributed by atoms with van der Waals surface area (Å²) in [6, 6.07) is 15.3. The molecule has 2 aliphatic carbocycles. The van der Waals surface area contributed by atoms with Crippen LogP contribution >= 0.6 is 0 Å². The molecule has 2 bridgehead atoms. The van der Waals surface area contributed by atoms with Gasteiger partial charge in [-0.25, -0.2) is 0 Å². The zero-order valence-corrected chi connectivity index (χ0v) is 12.7. The predicted molar refractivity (Wildman–Crippen MR) is 87.1 cm³/mol.